The molecule has 1 saturated carbocycles. The Kier molecular flexibility index (Phi) is 2.84. The van der Waals surface area contributed by atoms with E-state index in [0.29, 0.717) is 6.04 Å². The van der Waals surface area contributed by atoms with Crippen LogP contribution in [0.1, 0.15) is 24.3 Å². The van der Waals surface area contributed by atoms with Crippen LogP contribution >= 0.6 is 0 Å². The smallest absolute Gasteiger partial charge is 0.181 e. The third kappa shape index (κ3) is 2.13. The molecule has 1 aromatic rings. The average molecular weight is 196 g/mol. The van der Waals surface area contributed by atoms with Crippen molar-refractivity contribution in [2.75, 3.05) is 13.2 Å². The van der Waals surface area contributed by atoms with E-state index < -0.39 is 0 Å². The van der Waals surface area contributed by atoms with Crippen LogP contribution < -0.4 is 0 Å². The molecular weight excluding hydrogens is 180 g/mol. The monoisotopic (exact) mass is 196 g/mol. The first-order valence-corrected chi connectivity index (χ1v) is 5.05. The molecule has 0 unspecified atom stereocenters. The number of aliphatic hydroxyl groups excluding tert-OH is 1. The van der Waals surface area contributed by atoms with Crippen LogP contribution in [0, 0.1) is 6.92 Å². The summed E-state index contributed by atoms with van der Waals surface area (Å²) in [5, 5.41) is 8.93. The maximum Gasteiger partial charge on any atom is 0.181 e. The van der Waals surface area contributed by atoms with E-state index >= 15 is 0 Å². The van der Waals surface area contributed by atoms with Gasteiger partial charge in [-0.1, -0.05) is 0 Å². The first-order valence-electron chi connectivity index (χ1n) is 5.05. The molecule has 0 radical (unpaired) electrons. The second-order valence-electron chi connectivity index (χ2n) is 3.78. The highest BCUT2D eigenvalue weighted by molar-refractivity contribution is 5.05. The lowest BCUT2D eigenvalue weighted by molar-refractivity contribution is 0.181. The molecule has 1 aliphatic rings. The highest BCUT2D eigenvalue weighted by atomic mass is 16.3. The number of aromatic nitrogens is 1. The van der Waals surface area contributed by atoms with Gasteiger partial charge in [-0.3, -0.25) is 4.90 Å². The number of aryl methyl sites for hydroxylation is 1. The van der Waals surface area contributed by atoms with Gasteiger partial charge >= 0.3 is 0 Å². The minimum Gasteiger partial charge on any atom is -0.448 e. The zero-order chi connectivity index (χ0) is 9.97. The van der Waals surface area contributed by atoms with Crippen molar-refractivity contribution in [3.63, 3.8) is 0 Å². The number of rotatable bonds is 5. The molecule has 1 heterocycles. The van der Waals surface area contributed by atoms with Crippen LogP contribution in [-0.4, -0.2) is 34.2 Å². The number of oxazole rings is 1. The molecule has 1 aromatic heterocycles. The van der Waals surface area contributed by atoms with Crippen LogP contribution in [0.3, 0.4) is 0 Å². The van der Waals surface area contributed by atoms with Crippen molar-refractivity contribution >= 4 is 0 Å². The first kappa shape index (κ1) is 9.68. The van der Waals surface area contributed by atoms with Crippen LogP contribution in [0.25, 0.3) is 0 Å². The summed E-state index contributed by atoms with van der Waals surface area (Å²) >= 11 is 0. The standard InChI is InChI=1S/C10H16N2O2/c1-8-10(11-7-14-8)6-12(4-5-13)9-2-3-9/h7,9,13H,2-6H2,1H3. The Hall–Kier alpha value is -0.870. The number of aliphatic hydroxyl groups is 1. The van der Waals surface area contributed by atoms with Crippen molar-refractivity contribution < 1.29 is 9.52 Å². The van der Waals surface area contributed by atoms with Crippen molar-refractivity contribution in [2.24, 2.45) is 0 Å². The summed E-state index contributed by atoms with van der Waals surface area (Å²) in [7, 11) is 0. The lowest BCUT2D eigenvalue weighted by atomic mass is 10.3. The molecule has 0 atom stereocenters. The molecule has 14 heavy (non-hydrogen) atoms. The van der Waals surface area contributed by atoms with Crippen LogP contribution in [-0.2, 0) is 6.54 Å². The van der Waals surface area contributed by atoms with Crippen molar-refractivity contribution in [2.45, 2.75) is 32.4 Å². The fourth-order valence-electron chi connectivity index (χ4n) is 1.63. The van der Waals surface area contributed by atoms with Gasteiger partial charge < -0.3 is 9.52 Å². The SMILES string of the molecule is Cc1ocnc1CN(CCO)C1CC1. The number of hydrogen-bond acceptors (Lipinski definition) is 4. The van der Waals surface area contributed by atoms with E-state index in [2.05, 4.69) is 9.88 Å². The third-order valence-electron chi connectivity index (χ3n) is 2.65. The van der Waals surface area contributed by atoms with Gasteiger partial charge in [-0.2, -0.15) is 0 Å². The van der Waals surface area contributed by atoms with E-state index in [1.165, 1.54) is 19.2 Å². The lowest BCUT2D eigenvalue weighted by Crippen LogP contribution is -2.29. The number of nitrogens with zero attached hydrogens (tertiary/aromatic N) is 2. The van der Waals surface area contributed by atoms with Gasteiger partial charge in [0, 0.05) is 19.1 Å². The van der Waals surface area contributed by atoms with E-state index in [4.69, 9.17) is 9.52 Å². The third-order valence-corrected chi connectivity index (χ3v) is 2.65. The molecule has 1 N–H and O–H groups in total. The van der Waals surface area contributed by atoms with E-state index in [1.807, 2.05) is 6.92 Å². The Morgan fingerprint density at radius 3 is 2.93 bits per heavy atom. The zero-order valence-corrected chi connectivity index (χ0v) is 8.44. The molecule has 1 fully saturated rings. The predicted molar refractivity (Wildman–Crippen MR) is 51.8 cm³/mol. The summed E-state index contributed by atoms with van der Waals surface area (Å²) in [5.74, 6) is 0.883. The van der Waals surface area contributed by atoms with Gasteiger partial charge in [-0.05, 0) is 19.8 Å². The van der Waals surface area contributed by atoms with Crippen molar-refractivity contribution in [1.82, 2.24) is 9.88 Å². The maximum absolute atomic E-state index is 8.93. The molecule has 4 nitrogen and oxygen atoms in total. The highest BCUT2D eigenvalue weighted by Crippen LogP contribution is 2.28. The highest BCUT2D eigenvalue weighted by Gasteiger charge is 2.29. The minimum absolute atomic E-state index is 0.216. The fourth-order valence-corrected chi connectivity index (χ4v) is 1.63. The predicted octanol–water partition coefficient (Wildman–Crippen LogP) is 0.940. The maximum atomic E-state index is 8.93. The Labute approximate surface area is 83.5 Å². The minimum atomic E-state index is 0.216. The van der Waals surface area contributed by atoms with Gasteiger partial charge in [-0.15, -0.1) is 0 Å². The van der Waals surface area contributed by atoms with Gasteiger partial charge in [0.15, 0.2) is 6.39 Å². The van der Waals surface area contributed by atoms with Crippen molar-refractivity contribution in [1.29, 1.82) is 0 Å². The Balaban J connectivity index is 1.96. The van der Waals surface area contributed by atoms with E-state index in [0.717, 1.165) is 24.5 Å². The van der Waals surface area contributed by atoms with Crippen LogP contribution in [0.4, 0.5) is 0 Å². The van der Waals surface area contributed by atoms with Gasteiger partial charge in [0.1, 0.15) is 5.76 Å². The Bertz CT molecular complexity index is 294. The fraction of sp³-hybridized carbons (Fsp3) is 0.700. The zero-order valence-electron chi connectivity index (χ0n) is 8.44. The largest absolute Gasteiger partial charge is 0.448 e. The van der Waals surface area contributed by atoms with Crippen LogP contribution in [0.2, 0.25) is 0 Å². The Morgan fingerprint density at radius 2 is 2.43 bits per heavy atom. The molecule has 0 aliphatic heterocycles. The molecule has 0 spiro atoms. The van der Waals surface area contributed by atoms with Gasteiger partial charge in [-0.25, -0.2) is 4.98 Å². The molecule has 78 valence electrons. The number of hydrogen-bond donors (Lipinski definition) is 1. The molecule has 0 bridgehead atoms. The summed E-state index contributed by atoms with van der Waals surface area (Å²) < 4.78 is 5.14. The molecule has 0 saturated heterocycles. The first-order chi connectivity index (χ1) is 6.81. The van der Waals surface area contributed by atoms with Crippen molar-refractivity contribution in [3.8, 4) is 0 Å². The molecular formula is C10H16N2O2. The van der Waals surface area contributed by atoms with Gasteiger partial charge in [0.05, 0.1) is 12.3 Å². The molecule has 0 amide bonds. The second kappa shape index (κ2) is 4.11. The van der Waals surface area contributed by atoms with E-state index in [1.54, 1.807) is 0 Å². The van der Waals surface area contributed by atoms with Crippen LogP contribution in [0.15, 0.2) is 10.8 Å². The summed E-state index contributed by atoms with van der Waals surface area (Å²) in [6.45, 7) is 3.67. The average Bonchev–Trinajstić information content (AvgIpc) is 2.93. The summed E-state index contributed by atoms with van der Waals surface area (Å²) in [4.78, 5) is 6.43. The quantitative estimate of drug-likeness (QED) is 0.761. The Morgan fingerprint density at radius 1 is 1.64 bits per heavy atom. The summed E-state index contributed by atoms with van der Waals surface area (Å²) in [5.41, 5.74) is 0.991. The van der Waals surface area contributed by atoms with Crippen LogP contribution in [0.5, 0.6) is 0 Å². The molecule has 0 aromatic carbocycles. The van der Waals surface area contributed by atoms with E-state index in [9.17, 15) is 0 Å². The van der Waals surface area contributed by atoms with Gasteiger partial charge in [0.25, 0.3) is 0 Å². The lowest BCUT2D eigenvalue weighted by Gasteiger charge is -2.19. The van der Waals surface area contributed by atoms with Gasteiger partial charge in [0.2, 0.25) is 0 Å². The molecule has 2 rings (SSSR count). The second-order valence-corrected chi connectivity index (χ2v) is 3.78. The van der Waals surface area contributed by atoms with Crippen molar-refractivity contribution in [3.05, 3.63) is 17.8 Å². The summed E-state index contributed by atoms with van der Waals surface area (Å²) in [6, 6.07) is 0.651. The normalized spacial score (nSPS) is 16.5. The summed E-state index contributed by atoms with van der Waals surface area (Å²) in [6.07, 6.45) is 3.97. The molecule has 4 heteroatoms. The topological polar surface area (TPSA) is 49.5 Å². The molecule has 1 aliphatic carbocycles. The van der Waals surface area contributed by atoms with E-state index in [-0.39, 0.29) is 6.61 Å².